The van der Waals surface area contributed by atoms with Crippen molar-refractivity contribution in [3.05, 3.63) is 29.3 Å². The fraction of sp³-hybridized carbons (Fsp3) is 0.364. The van der Waals surface area contributed by atoms with Crippen LogP contribution in [-0.2, 0) is 0 Å². The second-order valence-corrected chi connectivity index (χ2v) is 3.34. The Balaban J connectivity index is 2.76. The molecule has 0 radical (unpaired) electrons. The Labute approximate surface area is 84.0 Å². The predicted molar refractivity (Wildman–Crippen MR) is 56.3 cm³/mol. The molecule has 76 valence electrons. The van der Waals surface area contributed by atoms with Crippen molar-refractivity contribution in [2.24, 2.45) is 5.16 Å². The van der Waals surface area contributed by atoms with Crippen LogP contribution in [0.5, 0.6) is 5.75 Å². The van der Waals surface area contributed by atoms with Gasteiger partial charge in [-0.25, -0.2) is 0 Å². The van der Waals surface area contributed by atoms with E-state index in [0.717, 1.165) is 16.9 Å². The molecule has 3 heteroatoms. The summed E-state index contributed by atoms with van der Waals surface area (Å²) in [5.74, 6) is 0.871. The summed E-state index contributed by atoms with van der Waals surface area (Å²) in [6.45, 7) is 6.03. The molecule has 0 bridgehead atoms. The Morgan fingerprint density at radius 3 is 2.43 bits per heavy atom. The van der Waals surface area contributed by atoms with Crippen molar-refractivity contribution in [3.63, 3.8) is 0 Å². The summed E-state index contributed by atoms with van der Waals surface area (Å²) >= 11 is 0. The van der Waals surface area contributed by atoms with Gasteiger partial charge < -0.3 is 9.94 Å². The van der Waals surface area contributed by atoms with Crippen LogP contribution in [0.25, 0.3) is 0 Å². The Morgan fingerprint density at radius 2 is 1.93 bits per heavy atom. The van der Waals surface area contributed by atoms with Gasteiger partial charge in [0.1, 0.15) is 12.4 Å². The maximum atomic E-state index is 8.46. The molecule has 0 saturated heterocycles. The van der Waals surface area contributed by atoms with Gasteiger partial charge >= 0.3 is 0 Å². The third-order valence-electron chi connectivity index (χ3n) is 2.00. The van der Waals surface area contributed by atoms with Crippen LogP contribution in [-0.4, -0.2) is 17.5 Å². The summed E-state index contributed by atoms with van der Waals surface area (Å²) in [5, 5.41) is 11.5. The van der Waals surface area contributed by atoms with E-state index in [0.29, 0.717) is 12.3 Å². The standard InChI is InChI=1S/C11H15NO2/c1-8-5-4-6-9(2)11(8)14-7-10(3)12-13/h4-6,13H,7H2,1-3H3/b12-10+. The van der Waals surface area contributed by atoms with Gasteiger partial charge in [-0.3, -0.25) is 0 Å². The van der Waals surface area contributed by atoms with E-state index in [1.807, 2.05) is 32.0 Å². The SMILES string of the molecule is C/C(COc1c(C)cccc1C)=N\O. The van der Waals surface area contributed by atoms with E-state index >= 15 is 0 Å². The summed E-state index contributed by atoms with van der Waals surface area (Å²) in [6.07, 6.45) is 0. The number of nitrogens with zero attached hydrogens (tertiary/aromatic N) is 1. The average molecular weight is 193 g/mol. The molecular formula is C11H15NO2. The molecule has 0 amide bonds. The molecule has 0 heterocycles. The molecule has 1 N–H and O–H groups in total. The van der Waals surface area contributed by atoms with Crippen LogP contribution in [0.1, 0.15) is 18.1 Å². The van der Waals surface area contributed by atoms with Gasteiger partial charge in [0.25, 0.3) is 0 Å². The lowest BCUT2D eigenvalue weighted by Crippen LogP contribution is -2.08. The zero-order chi connectivity index (χ0) is 10.6. The largest absolute Gasteiger partial charge is 0.487 e. The number of hydrogen-bond donors (Lipinski definition) is 1. The molecule has 0 saturated carbocycles. The smallest absolute Gasteiger partial charge is 0.129 e. The third-order valence-corrected chi connectivity index (χ3v) is 2.00. The maximum absolute atomic E-state index is 8.46. The van der Waals surface area contributed by atoms with Crippen molar-refractivity contribution in [1.82, 2.24) is 0 Å². The lowest BCUT2D eigenvalue weighted by Gasteiger charge is -2.10. The Bertz CT molecular complexity index is 325. The van der Waals surface area contributed by atoms with Gasteiger partial charge in [0, 0.05) is 0 Å². The first-order valence-electron chi connectivity index (χ1n) is 4.51. The third kappa shape index (κ3) is 2.49. The lowest BCUT2D eigenvalue weighted by atomic mass is 10.1. The topological polar surface area (TPSA) is 41.8 Å². The molecule has 3 nitrogen and oxygen atoms in total. The highest BCUT2D eigenvalue weighted by atomic mass is 16.5. The number of oxime groups is 1. The molecule has 0 aliphatic carbocycles. The second-order valence-electron chi connectivity index (χ2n) is 3.34. The van der Waals surface area contributed by atoms with Crippen molar-refractivity contribution in [2.75, 3.05) is 6.61 Å². The van der Waals surface area contributed by atoms with Gasteiger partial charge in [-0.2, -0.15) is 0 Å². The highest BCUT2D eigenvalue weighted by molar-refractivity contribution is 5.82. The molecule has 1 rings (SSSR count). The van der Waals surface area contributed by atoms with Crippen molar-refractivity contribution in [2.45, 2.75) is 20.8 Å². The van der Waals surface area contributed by atoms with Gasteiger partial charge in [0.2, 0.25) is 0 Å². The van der Waals surface area contributed by atoms with Crippen LogP contribution < -0.4 is 4.74 Å². The monoisotopic (exact) mass is 193 g/mol. The van der Waals surface area contributed by atoms with Crippen molar-refractivity contribution in [3.8, 4) is 5.75 Å². The van der Waals surface area contributed by atoms with E-state index in [1.165, 1.54) is 0 Å². The molecule has 0 fully saturated rings. The molecule has 0 aliphatic heterocycles. The first-order chi connectivity index (χ1) is 6.65. The summed E-state index contributed by atoms with van der Waals surface area (Å²) in [7, 11) is 0. The number of aryl methyl sites for hydroxylation is 2. The van der Waals surface area contributed by atoms with Gasteiger partial charge in [0.15, 0.2) is 0 Å². The molecule has 1 aromatic carbocycles. The molecule has 14 heavy (non-hydrogen) atoms. The van der Waals surface area contributed by atoms with Crippen molar-refractivity contribution in [1.29, 1.82) is 0 Å². The number of benzene rings is 1. The fourth-order valence-corrected chi connectivity index (χ4v) is 1.23. The Morgan fingerprint density at radius 1 is 1.36 bits per heavy atom. The van der Waals surface area contributed by atoms with Gasteiger partial charge in [0.05, 0.1) is 5.71 Å². The van der Waals surface area contributed by atoms with Crippen LogP contribution in [0.15, 0.2) is 23.4 Å². The minimum atomic E-state index is 0.322. The lowest BCUT2D eigenvalue weighted by molar-refractivity contribution is 0.306. The Kier molecular flexibility index (Phi) is 3.51. The molecule has 0 aromatic heterocycles. The fourth-order valence-electron chi connectivity index (χ4n) is 1.23. The minimum absolute atomic E-state index is 0.322. The summed E-state index contributed by atoms with van der Waals surface area (Å²) in [4.78, 5) is 0. The normalized spacial score (nSPS) is 11.5. The first kappa shape index (κ1) is 10.6. The van der Waals surface area contributed by atoms with E-state index in [9.17, 15) is 0 Å². The zero-order valence-corrected chi connectivity index (χ0v) is 8.74. The summed E-state index contributed by atoms with van der Waals surface area (Å²) < 4.78 is 5.53. The maximum Gasteiger partial charge on any atom is 0.129 e. The second kappa shape index (κ2) is 4.65. The highest BCUT2D eigenvalue weighted by Crippen LogP contribution is 2.21. The summed E-state index contributed by atoms with van der Waals surface area (Å²) in [5.41, 5.74) is 2.75. The van der Waals surface area contributed by atoms with Crippen LogP contribution in [0.3, 0.4) is 0 Å². The number of hydrogen-bond acceptors (Lipinski definition) is 3. The number of ether oxygens (including phenoxy) is 1. The minimum Gasteiger partial charge on any atom is -0.487 e. The number of para-hydroxylation sites is 1. The average Bonchev–Trinajstić information content (AvgIpc) is 2.16. The van der Waals surface area contributed by atoms with E-state index in [-0.39, 0.29) is 0 Å². The molecule has 0 spiro atoms. The van der Waals surface area contributed by atoms with Crippen LogP contribution >= 0.6 is 0 Å². The molecule has 0 unspecified atom stereocenters. The highest BCUT2D eigenvalue weighted by Gasteiger charge is 2.03. The van der Waals surface area contributed by atoms with E-state index in [4.69, 9.17) is 9.94 Å². The van der Waals surface area contributed by atoms with E-state index in [1.54, 1.807) is 6.92 Å². The zero-order valence-electron chi connectivity index (χ0n) is 8.74. The molecular weight excluding hydrogens is 178 g/mol. The molecule has 0 aliphatic rings. The van der Waals surface area contributed by atoms with E-state index < -0.39 is 0 Å². The van der Waals surface area contributed by atoms with Gasteiger partial charge in [-0.15, -0.1) is 0 Å². The van der Waals surface area contributed by atoms with Crippen molar-refractivity contribution >= 4 is 5.71 Å². The van der Waals surface area contributed by atoms with Crippen LogP contribution in [0.4, 0.5) is 0 Å². The van der Waals surface area contributed by atoms with Gasteiger partial charge in [-0.05, 0) is 31.9 Å². The molecule has 0 atom stereocenters. The van der Waals surface area contributed by atoms with Crippen LogP contribution in [0, 0.1) is 13.8 Å². The number of rotatable bonds is 3. The summed E-state index contributed by atoms with van der Waals surface area (Å²) in [6, 6.07) is 5.98. The predicted octanol–water partition coefficient (Wildman–Crippen LogP) is 2.53. The molecule has 1 aromatic rings. The van der Waals surface area contributed by atoms with Crippen LogP contribution in [0.2, 0.25) is 0 Å². The van der Waals surface area contributed by atoms with E-state index in [2.05, 4.69) is 5.16 Å². The van der Waals surface area contributed by atoms with Gasteiger partial charge in [-0.1, -0.05) is 23.4 Å². The Hall–Kier alpha value is -1.51. The first-order valence-corrected chi connectivity index (χ1v) is 4.51. The quantitative estimate of drug-likeness (QED) is 0.455. The van der Waals surface area contributed by atoms with Crippen molar-refractivity contribution < 1.29 is 9.94 Å².